The summed E-state index contributed by atoms with van der Waals surface area (Å²) in [7, 11) is 0. The molecule has 2 heterocycles. The fourth-order valence-corrected chi connectivity index (χ4v) is 3.36. The van der Waals surface area contributed by atoms with Crippen LogP contribution in [0.3, 0.4) is 0 Å². The van der Waals surface area contributed by atoms with E-state index in [1.54, 1.807) is 0 Å². The largest absolute Gasteiger partial charge is 0.345 e. The molecular weight excluding hydrogens is 304 g/mol. The van der Waals surface area contributed by atoms with Crippen LogP contribution in [0.25, 0.3) is 22.6 Å². The minimum atomic E-state index is 0.527. The first-order chi connectivity index (χ1) is 12.0. The van der Waals surface area contributed by atoms with Crippen LogP contribution in [0, 0.1) is 0 Å². The zero-order chi connectivity index (χ0) is 18.0. The number of hydrogen-bond donors (Lipinski definition) is 0. The summed E-state index contributed by atoms with van der Waals surface area (Å²) in [6.45, 7) is 12.9. The summed E-state index contributed by atoms with van der Waals surface area (Å²) in [6.07, 6.45) is 9.67. The zero-order valence-electron chi connectivity index (χ0n) is 15.7. The highest BCUT2D eigenvalue weighted by atomic mass is 15.0. The molecule has 0 bridgehead atoms. The van der Waals surface area contributed by atoms with Gasteiger partial charge in [-0.25, -0.2) is 0 Å². The number of benzene rings is 1. The summed E-state index contributed by atoms with van der Waals surface area (Å²) < 4.78 is 4.57. The van der Waals surface area contributed by atoms with Gasteiger partial charge in [-0.3, -0.25) is 0 Å². The highest BCUT2D eigenvalue weighted by Crippen LogP contribution is 2.29. The van der Waals surface area contributed by atoms with E-state index < -0.39 is 0 Å². The molecule has 0 atom stereocenters. The van der Waals surface area contributed by atoms with E-state index in [1.165, 1.54) is 27.7 Å². The lowest BCUT2D eigenvalue weighted by atomic mass is 9.99. The van der Waals surface area contributed by atoms with E-state index in [-0.39, 0.29) is 0 Å². The molecule has 1 aromatic carbocycles. The van der Waals surface area contributed by atoms with Gasteiger partial charge in [0.2, 0.25) is 0 Å². The predicted octanol–water partition coefficient (Wildman–Crippen LogP) is 6.72. The van der Waals surface area contributed by atoms with Crippen LogP contribution in [0.4, 0.5) is 0 Å². The third kappa shape index (κ3) is 3.48. The molecule has 0 radical (unpaired) electrons. The van der Waals surface area contributed by atoms with E-state index in [4.69, 9.17) is 0 Å². The maximum Gasteiger partial charge on any atom is 0.0482 e. The van der Waals surface area contributed by atoms with Crippen LogP contribution in [0.1, 0.15) is 57.5 Å². The molecule has 25 heavy (non-hydrogen) atoms. The second-order valence-corrected chi connectivity index (χ2v) is 7.20. The van der Waals surface area contributed by atoms with Crippen molar-refractivity contribution < 1.29 is 0 Å². The second kappa shape index (κ2) is 7.18. The zero-order valence-corrected chi connectivity index (χ0v) is 15.7. The Kier molecular flexibility index (Phi) is 4.98. The number of rotatable bonds is 2. The van der Waals surface area contributed by atoms with Crippen molar-refractivity contribution in [2.24, 2.45) is 0 Å². The van der Waals surface area contributed by atoms with Crippen LogP contribution in [0.15, 0.2) is 61.4 Å². The van der Waals surface area contributed by atoms with Gasteiger partial charge in [0, 0.05) is 41.3 Å². The van der Waals surface area contributed by atoms with Gasteiger partial charge in [0.25, 0.3) is 0 Å². The van der Waals surface area contributed by atoms with Crippen LogP contribution in [0.2, 0.25) is 0 Å². The lowest BCUT2D eigenvalue weighted by molar-refractivity contribution is 0.598. The molecule has 0 spiro atoms. The summed E-state index contributed by atoms with van der Waals surface area (Å²) in [5.41, 5.74) is 5.19. The Morgan fingerprint density at radius 3 is 2.28 bits per heavy atom. The maximum absolute atomic E-state index is 4.06. The summed E-state index contributed by atoms with van der Waals surface area (Å²) in [6, 6.07) is 13.9. The minimum Gasteiger partial charge on any atom is -0.345 e. The van der Waals surface area contributed by atoms with Crippen LogP contribution in [-0.4, -0.2) is 9.13 Å². The van der Waals surface area contributed by atoms with Crippen molar-refractivity contribution in [2.45, 2.75) is 46.2 Å². The van der Waals surface area contributed by atoms with E-state index in [0.717, 1.165) is 6.42 Å². The Bertz CT molecular complexity index is 903. The molecule has 0 N–H and O–H groups in total. The van der Waals surface area contributed by atoms with Crippen molar-refractivity contribution in [2.75, 3.05) is 0 Å². The molecule has 1 aliphatic carbocycles. The lowest BCUT2D eigenvalue weighted by Crippen LogP contribution is -2.03. The fraction of sp³-hybridized carbons (Fsp3) is 0.304. The number of para-hydroxylation sites is 1. The molecule has 0 aliphatic heterocycles. The van der Waals surface area contributed by atoms with Crippen molar-refractivity contribution in [1.82, 2.24) is 9.13 Å². The third-order valence-corrected chi connectivity index (χ3v) is 4.72. The van der Waals surface area contributed by atoms with Gasteiger partial charge in [-0.15, -0.1) is 0 Å². The van der Waals surface area contributed by atoms with Gasteiger partial charge in [-0.05, 0) is 69.4 Å². The summed E-state index contributed by atoms with van der Waals surface area (Å²) in [5, 5.41) is 1.33. The Morgan fingerprint density at radius 2 is 1.56 bits per heavy atom. The first-order valence-corrected chi connectivity index (χ1v) is 9.10. The topological polar surface area (TPSA) is 9.86 Å². The first kappa shape index (κ1) is 17.3. The van der Waals surface area contributed by atoms with E-state index in [1.807, 2.05) is 0 Å². The molecule has 130 valence electrons. The van der Waals surface area contributed by atoms with Gasteiger partial charge in [-0.1, -0.05) is 30.9 Å². The molecule has 0 amide bonds. The Labute approximate surface area is 151 Å². The number of aromatic nitrogens is 2. The average Bonchev–Trinajstić information content (AvgIpc) is 3.20. The van der Waals surface area contributed by atoms with Crippen molar-refractivity contribution in [3.63, 3.8) is 0 Å². The highest BCUT2D eigenvalue weighted by molar-refractivity contribution is 5.80. The van der Waals surface area contributed by atoms with Gasteiger partial charge in [0.05, 0.1) is 0 Å². The van der Waals surface area contributed by atoms with Gasteiger partial charge < -0.3 is 9.13 Å². The molecule has 0 fully saturated rings. The van der Waals surface area contributed by atoms with E-state index >= 15 is 0 Å². The molecule has 0 saturated carbocycles. The Morgan fingerprint density at radius 1 is 0.880 bits per heavy atom. The smallest absolute Gasteiger partial charge is 0.0482 e. The third-order valence-electron chi connectivity index (χ3n) is 4.72. The molecular formula is C23H28N2. The molecule has 0 unspecified atom stereocenters. The second-order valence-electron chi connectivity index (χ2n) is 7.20. The Balaban J connectivity index is 0.000000146. The summed E-state index contributed by atoms with van der Waals surface area (Å²) in [4.78, 5) is 0. The Hall–Kier alpha value is -2.48. The van der Waals surface area contributed by atoms with Crippen LogP contribution in [-0.2, 0) is 0 Å². The van der Waals surface area contributed by atoms with E-state index in [2.05, 4.69) is 104 Å². The first-order valence-electron chi connectivity index (χ1n) is 9.10. The van der Waals surface area contributed by atoms with Crippen LogP contribution in [0.5, 0.6) is 0 Å². The van der Waals surface area contributed by atoms with Crippen LogP contribution >= 0.6 is 0 Å². The quantitative estimate of drug-likeness (QED) is 0.493. The average molecular weight is 332 g/mol. The van der Waals surface area contributed by atoms with Crippen molar-refractivity contribution in [1.29, 1.82) is 0 Å². The van der Waals surface area contributed by atoms with Crippen molar-refractivity contribution in [3.05, 3.63) is 72.7 Å². The maximum atomic E-state index is 4.06. The normalized spacial score (nSPS) is 13.3. The van der Waals surface area contributed by atoms with Crippen molar-refractivity contribution in [3.8, 4) is 0 Å². The summed E-state index contributed by atoms with van der Waals surface area (Å²) >= 11 is 0. The van der Waals surface area contributed by atoms with E-state index in [9.17, 15) is 0 Å². The molecule has 2 aromatic heterocycles. The molecule has 1 aliphatic rings. The molecule has 0 saturated heterocycles. The van der Waals surface area contributed by atoms with Gasteiger partial charge in [-0.2, -0.15) is 0 Å². The summed E-state index contributed by atoms with van der Waals surface area (Å²) in [5.74, 6) is 0. The van der Waals surface area contributed by atoms with Crippen LogP contribution < -0.4 is 0 Å². The lowest BCUT2D eigenvalue weighted by Gasteiger charge is -2.15. The molecule has 3 aromatic rings. The molecule has 2 heteroatoms. The van der Waals surface area contributed by atoms with Crippen molar-refractivity contribution >= 4 is 22.6 Å². The minimum absolute atomic E-state index is 0.527. The monoisotopic (exact) mass is 332 g/mol. The van der Waals surface area contributed by atoms with Gasteiger partial charge in [0.1, 0.15) is 0 Å². The number of fused-ring (bicyclic) bond motifs is 2. The van der Waals surface area contributed by atoms with Gasteiger partial charge in [0.15, 0.2) is 0 Å². The van der Waals surface area contributed by atoms with Gasteiger partial charge >= 0.3 is 0 Å². The number of hydrogen-bond acceptors (Lipinski definition) is 0. The number of nitrogens with zero attached hydrogens (tertiary/aromatic N) is 2. The number of allylic oxidation sites excluding steroid dienone is 2. The highest BCUT2D eigenvalue weighted by Gasteiger charge is 2.13. The molecule has 4 rings (SSSR count). The molecule has 2 nitrogen and oxygen atoms in total. The standard InChI is InChI=1S/C12H15N.C11H13N/c1-9(2)13-8-7-11-10(3)5-4-6-12(11)13;1-9(2)12-8-7-10-5-3-4-6-11(10)12/h4,6-9H,3,5H2,1-2H3;3-9H,1-2H3. The SMILES string of the molecule is C=C1CC=Cc2c1ccn2C(C)C.CC(C)n1ccc2ccccc21. The van der Waals surface area contributed by atoms with E-state index in [0.29, 0.717) is 12.1 Å². The predicted molar refractivity (Wildman–Crippen MR) is 110 cm³/mol. The fourth-order valence-electron chi connectivity index (χ4n) is 3.36.